The molecule has 2 bridgehead atoms. The maximum Gasteiger partial charge on any atom is 0.254 e. The van der Waals surface area contributed by atoms with Crippen molar-refractivity contribution in [3.8, 4) is 0 Å². The number of piperidine rings is 1. The highest BCUT2D eigenvalue weighted by Crippen LogP contribution is 2.38. The van der Waals surface area contributed by atoms with Gasteiger partial charge in [-0.25, -0.2) is 4.39 Å². The lowest BCUT2D eigenvalue weighted by Crippen LogP contribution is -2.47. The van der Waals surface area contributed by atoms with Crippen molar-refractivity contribution in [1.29, 1.82) is 0 Å². The number of nitrogens with zero attached hydrogens (tertiary/aromatic N) is 1. The van der Waals surface area contributed by atoms with Crippen LogP contribution in [-0.2, 0) is 0 Å². The summed E-state index contributed by atoms with van der Waals surface area (Å²) in [5, 5.41) is 0.167. The third kappa shape index (κ3) is 2.52. The summed E-state index contributed by atoms with van der Waals surface area (Å²) in [4.78, 5) is 14.5. The van der Waals surface area contributed by atoms with E-state index in [0.29, 0.717) is 10.0 Å². The zero-order valence-corrected chi connectivity index (χ0v) is 12.6. The molecule has 2 aliphatic heterocycles. The fraction of sp³-hybridized carbons (Fsp3) is 0.500. The van der Waals surface area contributed by atoms with E-state index in [1.165, 1.54) is 12.1 Å². The molecule has 0 spiro atoms. The van der Waals surface area contributed by atoms with Crippen LogP contribution >= 0.6 is 27.5 Å². The van der Waals surface area contributed by atoms with Gasteiger partial charge in [0, 0.05) is 27.5 Å². The largest absolute Gasteiger partial charge is 0.333 e. The van der Waals surface area contributed by atoms with E-state index in [0.717, 1.165) is 25.7 Å². The Morgan fingerprint density at radius 2 is 1.89 bits per heavy atom. The average Bonchev–Trinajstić information content (AvgIpc) is 2.59. The van der Waals surface area contributed by atoms with Gasteiger partial charge < -0.3 is 4.90 Å². The van der Waals surface area contributed by atoms with Gasteiger partial charge in [0.05, 0.1) is 0 Å². The molecule has 1 amide bonds. The number of hydrogen-bond acceptors (Lipinski definition) is 1. The van der Waals surface area contributed by atoms with Crippen LogP contribution in [0.15, 0.2) is 22.7 Å². The van der Waals surface area contributed by atoms with Crippen molar-refractivity contribution >= 4 is 33.4 Å². The van der Waals surface area contributed by atoms with Crippen LogP contribution in [0.3, 0.4) is 0 Å². The van der Waals surface area contributed by atoms with E-state index >= 15 is 0 Å². The molecule has 5 heteroatoms. The molecule has 19 heavy (non-hydrogen) atoms. The van der Waals surface area contributed by atoms with Gasteiger partial charge in [0.2, 0.25) is 0 Å². The van der Waals surface area contributed by atoms with Crippen molar-refractivity contribution in [3.05, 3.63) is 34.1 Å². The summed E-state index contributed by atoms with van der Waals surface area (Å²) >= 11 is 9.44. The van der Waals surface area contributed by atoms with Gasteiger partial charge in [0.25, 0.3) is 5.91 Å². The van der Waals surface area contributed by atoms with E-state index in [2.05, 4.69) is 15.9 Å². The highest BCUT2D eigenvalue weighted by atomic mass is 79.9. The lowest BCUT2D eigenvalue weighted by molar-refractivity contribution is 0.0599. The minimum absolute atomic E-state index is 0.0729. The van der Waals surface area contributed by atoms with E-state index in [1.54, 1.807) is 6.07 Å². The smallest absolute Gasteiger partial charge is 0.254 e. The summed E-state index contributed by atoms with van der Waals surface area (Å²) < 4.78 is 14.0. The number of amides is 1. The predicted octanol–water partition coefficient (Wildman–Crippen LogP) is 3.96. The Morgan fingerprint density at radius 1 is 1.26 bits per heavy atom. The van der Waals surface area contributed by atoms with Crippen molar-refractivity contribution in [1.82, 2.24) is 4.90 Å². The molecule has 0 saturated carbocycles. The normalized spacial score (nSPS) is 29.6. The second kappa shape index (κ2) is 5.06. The number of carbonyl (C=O) groups is 1. The number of fused-ring (bicyclic) bond motifs is 2. The van der Waals surface area contributed by atoms with Gasteiger partial charge >= 0.3 is 0 Å². The van der Waals surface area contributed by atoms with Gasteiger partial charge in [0.1, 0.15) is 5.82 Å². The monoisotopic (exact) mass is 345 g/mol. The molecular formula is C14H14BrClFNO. The number of carbonyl (C=O) groups excluding carboxylic acids is 1. The summed E-state index contributed by atoms with van der Waals surface area (Å²) in [5.74, 6) is -0.464. The SMILES string of the molecule is O=C(c1cc(F)cc(Br)c1)N1C2CCC1CC(Cl)C2. The van der Waals surface area contributed by atoms with E-state index in [1.807, 2.05) is 4.90 Å². The summed E-state index contributed by atoms with van der Waals surface area (Å²) in [7, 11) is 0. The Balaban J connectivity index is 1.88. The fourth-order valence-electron chi connectivity index (χ4n) is 3.27. The Hall–Kier alpha value is -0.610. The van der Waals surface area contributed by atoms with Crippen molar-refractivity contribution in [2.75, 3.05) is 0 Å². The highest BCUT2D eigenvalue weighted by molar-refractivity contribution is 9.10. The molecule has 2 atom stereocenters. The molecule has 0 N–H and O–H groups in total. The zero-order valence-electron chi connectivity index (χ0n) is 10.3. The van der Waals surface area contributed by atoms with Crippen LogP contribution in [0, 0.1) is 5.82 Å². The molecule has 1 aromatic carbocycles. The van der Waals surface area contributed by atoms with Gasteiger partial charge in [-0.15, -0.1) is 11.6 Å². The molecule has 0 aliphatic carbocycles. The number of rotatable bonds is 1. The number of alkyl halides is 1. The van der Waals surface area contributed by atoms with Crippen LogP contribution in [-0.4, -0.2) is 28.3 Å². The number of benzene rings is 1. The Labute approximate surface area is 125 Å². The first-order valence-corrected chi connectivity index (χ1v) is 7.70. The van der Waals surface area contributed by atoms with Crippen molar-refractivity contribution in [3.63, 3.8) is 0 Å². The molecule has 1 aromatic rings. The van der Waals surface area contributed by atoms with Gasteiger partial charge in [-0.1, -0.05) is 15.9 Å². The maximum atomic E-state index is 13.4. The number of halogens is 3. The van der Waals surface area contributed by atoms with Gasteiger partial charge in [-0.2, -0.15) is 0 Å². The molecule has 2 saturated heterocycles. The van der Waals surface area contributed by atoms with Crippen molar-refractivity contribution < 1.29 is 9.18 Å². The second-order valence-electron chi connectivity index (χ2n) is 5.32. The van der Waals surface area contributed by atoms with E-state index in [4.69, 9.17) is 11.6 Å². The molecule has 0 aromatic heterocycles. The fourth-order valence-corrected chi connectivity index (χ4v) is 4.15. The summed E-state index contributed by atoms with van der Waals surface area (Å²) in [5.41, 5.74) is 0.414. The summed E-state index contributed by atoms with van der Waals surface area (Å²) in [6, 6.07) is 4.78. The minimum Gasteiger partial charge on any atom is -0.333 e. The van der Waals surface area contributed by atoms with Crippen LogP contribution in [0.1, 0.15) is 36.0 Å². The predicted molar refractivity (Wildman–Crippen MR) is 76.0 cm³/mol. The Morgan fingerprint density at radius 3 is 2.47 bits per heavy atom. The first-order valence-electron chi connectivity index (χ1n) is 6.47. The van der Waals surface area contributed by atoms with Crippen molar-refractivity contribution in [2.24, 2.45) is 0 Å². The number of hydrogen-bond donors (Lipinski definition) is 0. The van der Waals surface area contributed by atoms with Gasteiger partial charge in [-0.3, -0.25) is 4.79 Å². The maximum absolute atomic E-state index is 13.4. The summed E-state index contributed by atoms with van der Waals surface area (Å²) in [6.07, 6.45) is 3.72. The minimum atomic E-state index is -0.391. The molecule has 2 nitrogen and oxygen atoms in total. The van der Waals surface area contributed by atoms with Crippen LogP contribution in [0.25, 0.3) is 0 Å². The second-order valence-corrected chi connectivity index (χ2v) is 6.86. The lowest BCUT2D eigenvalue weighted by Gasteiger charge is -2.37. The van der Waals surface area contributed by atoms with E-state index < -0.39 is 5.82 Å². The quantitative estimate of drug-likeness (QED) is 0.705. The van der Waals surface area contributed by atoms with E-state index in [-0.39, 0.29) is 23.4 Å². The third-order valence-corrected chi connectivity index (χ3v) is 4.83. The Kier molecular flexibility index (Phi) is 3.56. The highest BCUT2D eigenvalue weighted by Gasteiger charge is 2.42. The molecule has 102 valence electrons. The standard InChI is InChI=1S/C14H14BrClFNO/c15-9-3-8(4-11(17)5-9)14(19)18-12-1-2-13(18)7-10(16)6-12/h3-5,10,12-13H,1-2,6-7H2. The topological polar surface area (TPSA) is 20.3 Å². The van der Waals surface area contributed by atoms with Crippen LogP contribution in [0.5, 0.6) is 0 Å². The molecule has 2 unspecified atom stereocenters. The molecule has 3 rings (SSSR count). The van der Waals surface area contributed by atoms with Gasteiger partial charge in [-0.05, 0) is 43.9 Å². The van der Waals surface area contributed by atoms with Crippen LogP contribution in [0.4, 0.5) is 4.39 Å². The molecule has 2 heterocycles. The molecular weight excluding hydrogens is 333 g/mol. The summed E-state index contributed by atoms with van der Waals surface area (Å²) in [6.45, 7) is 0. The van der Waals surface area contributed by atoms with Crippen molar-refractivity contribution in [2.45, 2.75) is 43.1 Å². The van der Waals surface area contributed by atoms with Crippen LogP contribution in [0.2, 0.25) is 0 Å². The molecule has 2 aliphatic rings. The van der Waals surface area contributed by atoms with E-state index in [9.17, 15) is 9.18 Å². The molecule has 2 fully saturated rings. The first kappa shape index (κ1) is 13.4. The first-order chi connectivity index (χ1) is 9.04. The zero-order chi connectivity index (χ0) is 13.6. The Bertz CT molecular complexity index is 490. The average molecular weight is 347 g/mol. The molecule has 0 radical (unpaired) electrons. The third-order valence-electron chi connectivity index (χ3n) is 4.02. The van der Waals surface area contributed by atoms with Crippen LogP contribution < -0.4 is 0 Å². The van der Waals surface area contributed by atoms with Gasteiger partial charge in [0.15, 0.2) is 0 Å². The lowest BCUT2D eigenvalue weighted by atomic mass is 10.0.